The van der Waals surface area contributed by atoms with E-state index in [9.17, 15) is 4.79 Å². The highest BCUT2D eigenvalue weighted by molar-refractivity contribution is 6.30. The van der Waals surface area contributed by atoms with Crippen molar-refractivity contribution in [3.05, 3.63) is 34.4 Å². The predicted octanol–water partition coefficient (Wildman–Crippen LogP) is 2.41. The summed E-state index contributed by atoms with van der Waals surface area (Å²) in [4.78, 5) is 12.1. The summed E-state index contributed by atoms with van der Waals surface area (Å²) in [5, 5.41) is 6.95. The van der Waals surface area contributed by atoms with Crippen molar-refractivity contribution in [2.75, 3.05) is 19.7 Å². The van der Waals surface area contributed by atoms with Crippen LogP contribution in [0.3, 0.4) is 0 Å². The normalized spacial score (nSPS) is 19.9. The Morgan fingerprint density at radius 1 is 1.48 bits per heavy atom. The smallest absolute Gasteiger partial charge is 0.250 e. The quantitative estimate of drug-likeness (QED) is 0.895. The Labute approximate surface area is 135 Å². The van der Waals surface area contributed by atoms with Crippen LogP contribution in [-0.4, -0.2) is 31.6 Å². The van der Waals surface area contributed by atoms with Crippen LogP contribution in [-0.2, 0) is 4.79 Å². The van der Waals surface area contributed by atoms with Crippen molar-refractivity contribution < 1.29 is 9.53 Å². The molecular formula is C15H18Cl2N2O2. The fourth-order valence-corrected chi connectivity index (χ4v) is 2.72. The number of hydrogen-bond donors (Lipinski definition) is 2. The maximum atomic E-state index is 12.1. The van der Waals surface area contributed by atoms with Gasteiger partial charge in [0.15, 0.2) is 0 Å². The summed E-state index contributed by atoms with van der Waals surface area (Å²) in [6, 6.07) is 5.81. The van der Waals surface area contributed by atoms with E-state index in [1.807, 2.05) is 18.2 Å². The van der Waals surface area contributed by atoms with Crippen LogP contribution in [0, 0.1) is 0 Å². The fraction of sp³-hybridized carbons (Fsp3) is 0.400. The zero-order valence-corrected chi connectivity index (χ0v) is 13.1. The number of rotatable bonds is 3. The van der Waals surface area contributed by atoms with E-state index in [0.717, 1.165) is 24.3 Å². The van der Waals surface area contributed by atoms with Gasteiger partial charge in [-0.3, -0.25) is 4.79 Å². The average Bonchev–Trinajstić information content (AvgIpc) is 2.97. The second kappa shape index (κ2) is 7.16. The van der Waals surface area contributed by atoms with Gasteiger partial charge >= 0.3 is 0 Å². The van der Waals surface area contributed by atoms with Gasteiger partial charge in [-0.2, -0.15) is 0 Å². The minimum absolute atomic E-state index is 0. The summed E-state index contributed by atoms with van der Waals surface area (Å²) >= 11 is 5.96. The maximum absolute atomic E-state index is 12.1. The second-order valence-corrected chi connectivity index (χ2v) is 5.58. The van der Waals surface area contributed by atoms with Crippen LogP contribution in [0.1, 0.15) is 18.4 Å². The van der Waals surface area contributed by atoms with E-state index >= 15 is 0 Å². The third-order valence-electron chi connectivity index (χ3n) is 3.65. The highest BCUT2D eigenvalue weighted by atomic mass is 35.5. The van der Waals surface area contributed by atoms with Crippen LogP contribution < -0.4 is 15.4 Å². The van der Waals surface area contributed by atoms with Crippen LogP contribution in [0.2, 0.25) is 5.02 Å². The van der Waals surface area contributed by atoms with Gasteiger partial charge in [-0.15, -0.1) is 12.4 Å². The lowest BCUT2D eigenvalue weighted by Crippen LogP contribution is -2.38. The SMILES string of the molecule is Cl.O=C(NCC1CCCN1)C1=Cc2cc(Cl)ccc2OC1. The van der Waals surface area contributed by atoms with Crippen molar-refractivity contribution >= 4 is 36.0 Å². The van der Waals surface area contributed by atoms with Crippen molar-refractivity contribution in [3.63, 3.8) is 0 Å². The van der Waals surface area contributed by atoms with Gasteiger partial charge in [0.2, 0.25) is 0 Å². The van der Waals surface area contributed by atoms with E-state index in [1.54, 1.807) is 6.07 Å². The molecule has 6 heteroatoms. The number of benzene rings is 1. The number of ether oxygens (including phenoxy) is 1. The Hall–Kier alpha value is -1.23. The summed E-state index contributed by atoms with van der Waals surface area (Å²) in [6.07, 6.45) is 4.15. The number of carbonyl (C=O) groups is 1. The molecule has 1 amide bonds. The lowest BCUT2D eigenvalue weighted by molar-refractivity contribution is -0.117. The minimum Gasteiger partial charge on any atom is -0.488 e. The van der Waals surface area contributed by atoms with Gasteiger partial charge in [0.25, 0.3) is 5.91 Å². The lowest BCUT2D eigenvalue weighted by atomic mass is 10.1. The highest BCUT2D eigenvalue weighted by Gasteiger charge is 2.19. The first-order chi connectivity index (χ1) is 9.72. The number of carbonyl (C=O) groups excluding carboxylic acids is 1. The van der Waals surface area contributed by atoms with Gasteiger partial charge in [0.05, 0.1) is 5.57 Å². The molecule has 2 heterocycles. The van der Waals surface area contributed by atoms with Crippen LogP contribution >= 0.6 is 24.0 Å². The van der Waals surface area contributed by atoms with Gasteiger partial charge in [-0.05, 0) is 43.7 Å². The number of fused-ring (bicyclic) bond motifs is 1. The molecule has 0 saturated carbocycles. The first kappa shape index (κ1) is 16.1. The average molecular weight is 329 g/mol. The summed E-state index contributed by atoms with van der Waals surface area (Å²) < 4.78 is 5.58. The highest BCUT2D eigenvalue weighted by Crippen LogP contribution is 2.28. The topological polar surface area (TPSA) is 50.4 Å². The summed E-state index contributed by atoms with van der Waals surface area (Å²) in [6.45, 7) is 2.01. The molecule has 0 radical (unpaired) electrons. The zero-order valence-electron chi connectivity index (χ0n) is 11.5. The number of halogens is 2. The molecular weight excluding hydrogens is 311 g/mol. The fourth-order valence-electron chi connectivity index (χ4n) is 2.54. The largest absolute Gasteiger partial charge is 0.488 e. The molecule has 1 unspecified atom stereocenters. The predicted molar refractivity (Wildman–Crippen MR) is 86.2 cm³/mol. The molecule has 0 bridgehead atoms. The van der Waals surface area contributed by atoms with Gasteiger partial charge in [-0.25, -0.2) is 0 Å². The molecule has 2 N–H and O–H groups in total. The summed E-state index contributed by atoms with van der Waals surface area (Å²) in [7, 11) is 0. The number of amides is 1. The van der Waals surface area contributed by atoms with E-state index in [2.05, 4.69) is 10.6 Å². The van der Waals surface area contributed by atoms with Gasteiger partial charge in [-0.1, -0.05) is 11.6 Å². The third-order valence-corrected chi connectivity index (χ3v) is 3.88. The van der Waals surface area contributed by atoms with Crippen molar-refractivity contribution in [2.45, 2.75) is 18.9 Å². The molecule has 0 aliphatic carbocycles. The van der Waals surface area contributed by atoms with E-state index in [-0.39, 0.29) is 18.3 Å². The number of nitrogens with one attached hydrogen (secondary N) is 2. The number of hydrogen-bond acceptors (Lipinski definition) is 3. The molecule has 1 saturated heterocycles. The first-order valence-corrected chi connectivity index (χ1v) is 7.25. The van der Waals surface area contributed by atoms with E-state index in [1.165, 1.54) is 6.42 Å². The molecule has 1 aromatic rings. The van der Waals surface area contributed by atoms with Crippen LogP contribution in [0.25, 0.3) is 6.08 Å². The minimum atomic E-state index is -0.0654. The Morgan fingerprint density at radius 2 is 2.33 bits per heavy atom. The molecule has 1 aromatic carbocycles. The molecule has 0 aromatic heterocycles. The summed E-state index contributed by atoms with van der Waals surface area (Å²) in [5.74, 6) is 0.702. The maximum Gasteiger partial charge on any atom is 0.250 e. The zero-order chi connectivity index (χ0) is 13.9. The van der Waals surface area contributed by atoms with Crippen molar-refractivity contribution in [3.8, 4) is 5.75 Å². The third kappa shape index (κ3) is 3.90. The monoisotopic (exact) mass is 328 g/mol. The molecule has 2 aliphatic heterocycles. The molecule has 0 spiro atoms. The van der Waals surface area contributed by atoms with Crippen molar-refractivity contribution in [1.82, 2.24) is 10.6 Å². The Bertz CT molecular complexity index is 555. The van der Waals surface area contributed by atoms with Crippen molar-refractivity contribution in [1.29, 1.82) is 0 Å². The second-order valence-electron chi connectivity index (χ2n) is 5.14. The molecule has 4 nitrogen and oxygen atoms in total. The standard InChI is InChI=1S/C15H17ClN2O2.ClH/c16-12-3-4-14-10(7-12)6-11(9-20-14)15(19)18-8-13-2-1-5-17-13;/h3-4,6-7,13,17H,1-2,5,8-9H2,(H,18,19);1H. The van der Waals surface area contributed by atoms with Crippen LogP contribution in [0.15, 0.2) is 23.8 Å². The molecule has 21 heavy (non-hydrogen) atoms. The summed E-state index contributed by atoms with van der Waals surface area (Å²) in [5.41, 5.74) is 1.49. The Balaban J connectivity index is 0.00000161. The van der Waals surface area contributed by atoms with E-state index < -0.39 is 0 Å². The first-order valence-electron chi connectivity index (χ1n) is 6.87. The van der Waals surface area contributed by atoms with E-state index in [0.29, 0.717) is 29.8 Å². The Kier molecular flexibility index (Phi) is 5.51. The van der Waals surface area contributed by atoms with Gasteiger partial charge in [0, 0.05) is 23.2 Å². The van der Waals surface area contributed by atoms with E-state index in [4.69, 9.17) is 16.3 Å². The van der Waals surface area contributed by atoms with Crippen molar-refractivity contribution in [2.24, 2.45) is 0 Å². The molecule has 114 valence electrons. The lowest BCUT2D eigenvalue weighted by Gasteiger charge is -2.18. The van der Waals surface area contributed by atoms with Crippen LogP contribution in [0.4, 0.5) is 0 Å². The Morgan fingerprint density at radius 3 is 3.10 bits per heavy atom. The van der Waals surface area contributed by atoms with Gasteiger partial charge < -0.3 is 15.4 Å². The molecule has 3 rings (SSSR count). The van der Waals surface area contributed by atoms with Crippen LogP contribution in [0.5, 0.6) is 5.75 Å². The molecule has 1 atom stereocenters. The molecule has 2 aliphatic rings. The molecule has 1 fully saturated rings. The van der Waals surface area contributed by atoms with Gasteiger partial charge in [0.1, 0.15) is 12.4 Å².